The standard InChI is InChI=1S/C15H20N2O3/c1-3-5-10-8-12(10)17-15(20)16-11-7-4-6-9(2)13(11)14(18)19/h4,6-7,10,12H,3,5,8H2,1-2H3,(H,18,19)(H2,16,17,20). The Bertz CT molecular complexity index is 528. The van der Waals surface area contributed by atoms with E-state index >= 15 is 0 Å². The number of hydrogen-bond acceptors (Lipinski definition) is 2. The van der Waals surface area contributed by atoms with Crippen LogP contribution in [0.1, 0.15) is 42.1 Å². The van der Waals surface area contributed by atoms with Crippen molar-refractivity contribution < 1.29 is 14.7 Å². The molecule has 1 aliphatic carbocycles. The maximum Gasteiger partial charge on any atom is 0.338 e. The second kappa shape index (κ2) is 5.94. The first-order chi connectivity index (χ1) is 9.52. The van der Waals surface area contributed by atoms with Crippen LogP contribution in [0.5, 0.6) is 0 Å². The molecule has 2 atom stereocenters. The van der Waals surface area contributed by atoms with Crippen molar-refractivity contribution in [2.45, 2.75) is 39.2 Å². The van der Waals surface area contributed by atoms with E-state index < -0.39 is 5.97 Å². The number of carbonyl (C=O) groups is 2. The van der Waals surface area contributed by atoms with Crippen LogP contribution in [0.3, 0.4) is 0 Å². The summed E-state index contributed by atoms with van der Waals surface area (Å²) in [5, 5.41) is 14.7. The molecule has 5 heteroatoms. The summed E-state index contributed by atoms with van der Waals surface area (Å²) < 4.78 is 0. The van der Waals surface area contributed by atoms with Gasteiger partial charge in [-0.3, -0.25) is 0 Å². The summed E-state index contributed by atoms with van der Waals surface area (Å²) in [7, 11) is 0. The minimum atomic E-state index is -1.03. The number of anilines is 1. The van der Waals surface area contributed by atoms with Gasteiger partial charge in [-0.05, 0) is 37.3 Å². The molecule has 1 fully saturated rings. The Morgan fingerprint density at radius 3 is 2.80 bits per heavy atom. The Kier molecular flexibility index (Phi) is 4.27. The van der Waals surface area contributed by atoms with Crippen LogP contribution in [0.15, 0.2) is 18.2 Å². The molecule has 0 aromatic heterocycles. The van der Waals surface area contributed by atoms with Gasteiger partial charge in [0.15, 0.2) is 0 Å². The molecule has 3 N–H and O–H groups in total. The van der Waals surface area contributed by atoms with Crippen LogP contribution in [0, 0.1) is 12.8 Å². The van der Waals surface area contributed by atoms with Gasteiger partial charge < -0.3 is 15.7 Å². The summed E-state index contributed by atoms with van der Waals surface area (Å²) in [6.45, 7) is 3.84. The molecule has 0 aliphatic heterocycles. The van der Waals surface area contributed by atoms with Crippen LogP contribution in [0.2, 0.25) is 0 Å². The lowest BCUT2D eigenvalue weighted by Crippen LogP contribution is -2.32. The lowest BCUT2D eigenvalue weighted by molar-refractivity contribution is 0.0697. The monoisotopic (exact) mass is 276 g/mol. The van der Waals surface area contributed by atoms with Crippen molar-refractivity contribution in [2.75, 3.05) is 5.32 Å². The predicted molar refractivity (Wildman–Crippen MR) is 77.1 cm³/mol. The van der Waals surface area contributed by atoms with Gasteiger partial charge in [-0.1, -0.05) is 25.5 Å². The Morgan fingerprint density at radius 1 is 1.40 bits per heavy atom. The van der Waals surface area contributed by atoms with E-state index in [4.69, 9.17) is 0 Å². The molecule has 1 saturated carbocycles. The number of rotatable bonds is 5. The second-order valence-electron chi connectivity index (χ2n) is 5.29. The number of amides is 2. The molecule has 2 rings (SSSR count). The number of urea groups is 1. The number of benzene rings is 1. The minimum Gasteiger partial charge on any atom is -0.478 e. The van der Waals surface area contributed by atoms with Crippen molar-refractivity contribution in [1.82, 2.24) is 5.32 Å². The molecule has 2 unspecified atom stereocenters. The van der Waals surface area contributed by atoms with Crippen LogP contribution in [0.4, 0.5) is 10.5 Å². The number of hydrogen-bond donors (Lipinski definition) is 3. The number of carboxylic acids is 1. The lowest BCUT2D eigenvalue weighted by atomic mass is 10.1. The smallest absolute Gasteiger partial charge is 0.338 e. The van der Waals surface area contributed by atoms with E-state index in [9.17, 15) is 14.7 Å². The highest BCUT2D eigenvalue weighted by Crippen LogP contribution is 2.34. The highest BCUT2D eigenvalue weighted by molar-refractivity contribution is 6.01. The largest absolute Gasteiger partial charge is 0.478 e. The number of aromatic carboxylic acids is 1. The molecule has 2 amide bonds. The summed E-state index contributed by atoms with van der Waals surface area (Å²) in [6.07, 6.45) is 3.25. The number of carbonyl (C=O) groups excluding carboxylic acids is 1. The third-order valence-corrected chi connectivity index (χ3v) is 3.63. The topological polar surface area (TPSA) is 78.4 Å². The Balaban J connectivity index is 1.98. The van der Waals surface area contributed by atoms with Crippen LogP contribution in [0.25, 0.3) is 0 Å². The van der Waals surface area contributed by atoms with Gasteiger partial charge in [0.2, 0.25) is 0 Å². The van der Waals surface area contributed by atoms with Crippen molar-refractivity contribution in [3.05, 3.63) is 29.3 Å². The fourth-order valence-corrected chi connectivity index (χ4v) is 2.50. The molecule has 1 aromatic carbocycles. The van der Waals surface area contributed by atoms with E-state index in [0.717, 1.165) is 19.3 Å². The van der Waals surface area contributed by atoms with Crippen LogP contribution < -0.4 is 10.6 Å². The minimum absolute atomic E-state index is 0.142. The van der Waals surface area contributed by atoms with Gasteiger partial charge in [0, 0.05) is 6.04 Å². The zero-order valence-corrected chi connectivity index (χ0v) is 11.8. The molecule has 1 aromatic rings. The summed E-state index contributed by atoms with van der Waals surface area (Å²) in [6, 6.07) is 4.95. The van der Waals surface area contributed by atoms with E-state index in [1.54, 1.807) is 25.1 Å². The molecule has 108 valence electrons. The van der Waals surface area contributed by atoms with Gasteiger partial charge >= 0.3 is 12.0 Å². The fraction of sp³-hybridized carbons (Fsp3) is 0.467. The van der Waals surface area contributed by atoms with Crippen molar-refractivity contribution in [3.63, 3.8) is 0 Å². The molecule has 20 heavy (non-hydrogen) atoms. The number of nitrogens with one attached hydrogen (secondary N) is 2. The average molecular weight is 276 g/mol. The molecule has 0 spiro atoms. The fourth-order valence-electron chi connectivity index (χ4n) is 2.50. The molecule has 0 heterocycles. The Morgan fingerprint density at radius 2 is 2.15 bits per heavy atom. The zero-order chi connectivity index (χ0) is 14.7. The molecular formula is C15H20N2O3. The molecule has 1 aliphatic rings. The molecule has 0 saturated heterocycles. The van der Waals surface area contributed by atoms with Gasteiger partial charge in [-0.25, -0.2) is 9.59 Å². The highest BCUT2D eigenvalue weighted by atomic mass is 16.4. The number of carboxylic acid groups (broad SMARTS) is 1. The summed E-state index contributed by atoms with van der Waals surface area (Å²) in [5.41, 5.74) is 1.11. The average Bonchev–Trinajstić information content (AvgIpc) is 3.06. The maximum atomic E-state index is 11.9. The Labute approximate surface area is 118 Å². The maximum absolute atomic E-state index is 11.9. The predicted octanol–water partition coefficient (Wildman–Crippen LogP) is 3.00. The molecule has 0 radical (unpaired) electrons. The summed E-state index contributed by atoms with van der Waals surface area (Å²) in [5.74, 6) is -0.462. The second-order valence-corrected chi connectivity index (χ2v) is 5.29. The van der Waals surface area contributed by atoms with E-state index in [1.807, 2.05) is 0 Å². The zero-order valence-electron chi connectivity index (χ0n) is 11.8. The third-order valence-electron chi connectivity index (χ3n) is 3.63. The first-order valence-electron chi connectivity index (χ1n) is 6.93. The first kappa shape index (κ1) is 14.4. The summed E-state index contributed by atoms with van der Waals surface area (Å²) >= 11 is 0. The van der Waals surface area contributed by atoms with Crippen LogP contribution in [-0.4, -0.2) is 23.1 Å². The van der Waals surface area contributed by atoms with Gasteiger partial charge in [0.1, 0.15) is 0 Å². The summed E-state index contributed by atoms with van der Waals surface area (Å²) in [4.78, 5) is 23.1. The lowest BCUT2D eigenvalue weighted by Gasteiger charge is -2.11. The normalized spacial score (nSPS) is 20.3. The third kappa shape index (κ3) is 3.29. The van der Waals surface area contributed by atoms with Gasteiger partial charge in [0.05, 0.1) is 11.3 Å². The Hall–Kier alpha value is -2.04. The SMILES string of the molecule is CCCC1CC1NC(=O)Nc1cccc(C)c1C(=O)O. The highest BCUT2D eigenvalue weighted by Gasteiger charge is 2.37. The van der Waals surface area contributed by atoms with E-state index in [0.29, 0.717) is 17.2 Å². The van der Waals surface area contributed by atoms with E-state index in [1.165, 1.54) is 0 Å². The van der Waals surface area contributed by atoms with E-state index in [2.05, 4.69) is 17.6 Å². The number of aryl methyl sites for hydroxylation is 1. The van der Waals surface area contributed by atoms with Crippen LogP contribution in [-0.2, 0) is 0 Å². The van der Waals surface area contributed by atoms with Crippen molar-refractivity contribution >= 4 is 17.7 Å². The van der Waals surface area contributed by atoms with Gasteiger partial charge in [0.25, 0.3) is 0 Å². The van der Waals surface area contributed by atoms with Crippen molar-refractivity contribution in [2.24, 2.45) is 5.92 Å². The van der Waals surface area contributed by atoms with Crippen LogP contribution >= 0.6 is 0 Å². The molecule has 0 bridgehead atoms. The van der Waals surface area contributed by atoms with Crippen molar-refractivity contribution in [3.8, 4) is 0 Å². The molecule has 5 nitrogen and oxygen atoms in total. The van der Waals surface area contributed by atoms with E-state index in [-0.39, 0.29) is 17.6 Å². The molecular weight excluding hydrogens is 256 g/mol. The van der Waals surface area contributed by atoms with Gasteiger partial charge in [-0.15, -0.1) is 0 Å². The van der Waals surface area contributed by atoms with Gasteiger partial charge in [-0.2, -0.15) is 0 Å². The quantitative estimate of drug-likeness (QED) is 0.773. The first-order valence-corrected chi connectivity index (χ1v) is 6.93. The van der Waals surface area contributed by atoms with Crippen molar-refractivity contribution in [1.29, 1.82) is 0 Å².